The molecule has 0 spiro atoms. The summed E-state index contributed by atoms with van der Waals surface area (Å²) >= 11 is 6.12. The summed E-state index contributed by atoms with van der Waals surface area (Å²) in [6.07, 6.45) is 5.26. The number of carbonyl (C=O) groups is 1. The van der Waals surface area contributed by atoms with Gasteiger partial charge in [0.15, 0.2) is 0 Å². The maximum atomic E-state index is 12.1. The summed E-state index contributed by atoms with van der Waals surface area (Å²) in [5.74, 6) is 0.672. The summed E-state index contributed by atoms with van der Waals surface area (Å²) in [5, 5.41) is 4.02. The molecule has 1 fully saturated rings. The molecule has 1 aromatic rings. The first-order chi connectivity index (χ1) is 9.49. The third-order valence-electron chi connectivity index (χ3n) is 4.10. The van der Waals surface area contributed by atoms with Crippen molar-refractivity contribution in [1.82, 2.24) is 4.90 Å². The standard InChI is InChI=1S/C16H23ClN2O/c1-11(12-6-4-5-7-12)18-13-8-9-15(17)14(10-13)16(20)19(2)3/h8-12,18H,4-7H2,1-3H3. The van der Waals surface area contributed by atoms with Gasteiger partial charge < -0.3 is 10.2 Å². The van der Waals surface area contributed by atoms with E-state index in [1.165, 1.54) is 25.7 Å². The van der Waals surface area contributed by atoms with Crippen LogP contribution in [0.5, 0.6) is 0 Å². The second kappa shape index (κ2) is 6.49. The molecule has 1 aliphatic rings. The largest absolute Gasteiger partial charge is 0.382 e. The smallest absolute Gasteiger partial charge is 0.254 e. The van der Waals surface area contributed by atoms with Crippen LogP contribution >= 0.6 is 11.6 Å². The summed E-state index contributed by atoms with van der Waals surface area (Å²) in [5.41, 5.74) is 1.53. The Morgan fingerprint density at radius 1 is 1.35 bits per heavy atom. The van der Waals surface area contributed by atoms with Crippen molar-refractivity contribution in [3.63, 3.8) is 0 Å². The molecule has 0 heterocycles. The number of nitrogens with zero attached hydrogens (tertiary/aromatic N) is 1. The Morgan fingerprint density at radius 2 is 2.00 bits per heavy atom. The second-order valence-corrected chi connectivity index (χ2v) is 6.28. The van der Waals surface area contributed by atoms with E-state index in [2.05, 4.69) is 12.2 Å². The number of amides is 1. The molecule has 1 N–H and O–H groups in total. The van der Waals surface area contributed by atoms with E-state index < -0.39 is 0 Å². The van der Waals surface area contributed by atoms with Crippen molar-refractivity contribution in [2.24, 2.45) is 5.92 Å². The highest BCUT2D eigenvalue weighted by Gasteiger charge is 2.22. The molecule has 1 amide bonds. The fraction of sp³-hybridized carbons (Fsp3) is 0.562. The van der Waals surface area contributed by atoms with Crippen molar-refractivity contribution < 1.29 is 4.79 Å². The van der Waals surface area contributed by atoms with Crippen molar-refractivity contribution in [3.05, 3.63) is 28.8 Å². The number of rotatable bonds is 4. The lowest BCUT2D eigenvalue weighted by atomic mass is 9.99. The van der Waals surface area contributed by atoms with Crippen LogP contribution < -0.4 is 5.32 Å². The molecule has 0 aromatic heterocycles. The van der Waals surface area contributed by atoms with Crippen LogP contribution in [-0.4, -0.2) is 30.9 Å². The summed E-state index contributed by atoms with van der Waals surface area (Å²) < 4.78 is 0. The number of nitrogens with one attached hydrogen (secondary N) is 1. The molecular weight excluding hydrogens is 272 g/mol. The molecule has 0 radical (unpaired) electrons. The van der Waals surface area contributed by atoms with Crippen LogP contribution in [0.15, 0.2) is 18.2 Å². The SMILES string of the molecule is CC(Nc1ccc(Cl)c(C(=O)N(C)C)c1)C1CCCC1. The van der Waals surface area contributed by atoms with Crippen LogP contribution in [0.1, 0.15) is 43.0 Å². The minimum atomic E-state index is -0.0628. The van der Waals surface area contributed by atoms with Crippen LogP contribution in [0.25, 0.3) is 0 Å². The Labute approximate surface area is 126 Å². The number of hydrogen-bond acceptors (Lipinski definition) is 2. The van der Waals surface area contributed by atoms with Gasteiger partial charge in [0.25, 0.3) is 5.91 Å². The molecule has 1 unspecified atom stereocenters. The molecule has 1 atom stereocenters. The Morgan fingerprint density at radius 3 is 2.60 bits per heavy atom. The number of anilines is 1. The lowest BCUT2D eigenvalue weighted by molar-refractivity contribution is 0.0828. The number of halogens is 1. The highest BCUT2D eigenvalue weighted by molar-refractivity contribution is 6.34. The summed E-state index contributed by atoms with van der Waals surface area (Å²) in [6.45, 7) is 2.22. The molecule has 1 aromatic carbocycles. The fourth-order valence-corrected chi connectivity index (χ4v) is 3.06. The van der Waals surface area contributed by atoms with E-state index in [1.807, 2.05) is 12.1 Å². The van der Waals surface area contributed by atoms with E-state index >= 15 is 0 Å². The summed E-state index contributed by atoms with van der Waals surface area (Å²) in [6, 6.07) is 6.03. The van der Waals surface area contributed by atoms with Gasteiger partial charge >= 0.3 is 0 Å². The minimum absolute atomic E-state index is 0.0628. The summed E-state index contributed by atoms with van der Waals surface area (Å²) in [7, 11) is 3.47. The van der Waals surface area contributed by atoms with Crippen LogP contribution in [0, 0.1) is 5.92 Å². The van der Waals surface area contributed by atoms with Crippen molar-refractivity contribution >= 4 is 23.2 Å². The Bertz CT molecular complexity index is 481. The number of carbonyl (C=O) groups excluding carboxylic acids is 1. The third-order valence-corrected chi connectivity index (χ3v) is 4.43. The maximum Gasteiger partial charge on any atom is 0.254 e. The van der Waals surface area contributed by atoms with Gasteiger partial charge in [0.05, 0.1) is 10.6 Å². The zero-order valence-corrected chi connectivity index (χ0v) is 13.2. The van der Waals surface area contributed by atoms with Crippen molar-refractivity contribution in [2.45, 2.75) is 38.6 Å². The van der Waals surface area contributed by atoms with Crippen molar-refractivity contribution in [2.75, 3.05) is 19.4 Å². The minimum Gasteiger partial charge on any atom is -0.382 e. The van der Waals surface area contributed by atoms with Gasteiger partial charge in [-0.3, -0.25) is 4.79 Å². The molecule has 3 nitrogen and oxygen atoms in total. The molecule has 110 valence electrons. The van der Waals surface area contributed by atoms with Crippen LogP contribution in [0.2, 0.25) is 5.02 Å². The normalized spacial score (nSPS) is 17.0. The topological polar surface area (TPSA) is 32.3 Å². The van der Waals surface area contributed by atoms with Crippen LogP contribution in [0.4, 0.5) is 5.69 Å². The zero-order chi connectivity index (χ0) is 14.7. The Hall–Kier alpha value is -1.22. The lowest BCUT2D eigenvalue weighted by Crippen LogP contribution is -2.25. The monoisotopic (exact) mass is 294 g/mol. The van der Waals surface area contributed by atoms with Gasteiger partial charge in [-0.1, -0.05) is 24.4 Å². The summed E-state index contributed by atoms with van der Waals surface area (Å²) in [4.78, 5) is 13.6. The fourth-order valence-electron chi connectivity index (χ4n) is 2.86. The van der Waals surface area contributed by atoms with E-state index in [0.717, 1.165) is 11.6 Å². The van der Waals surface area contributed by atoms with Gasteiger partial charge in [-0.2, -0.15) is 0 Å². The van der Waals surface area contributed by atoms with Gasteiger partial charge in [-0.25, -0.2) is 0 Å². The zero-order valence-electron chi connectivity index (χ0n) is 12.4. The van der Waals surface area contributed by atoms with Crippen molar-refractivity contribution in [1.29, 1.82) is 0 Å². The molecule has 1 saturated carbocycles. The average molecular weight is 295 g/mol. The molecule has 20 heavy (non-hydrogen) atoms. The quantitative estimate of drug-likeness (QED) is 0.909. The maximum absolute atomic E-state index is 12.1. The van der Waals surface area contributed by atoms with E-state index in [9.17, 15) is 4.79 Å². The first-order valence-corrected chi connectivity index (χ1v) is 7.64. The predicted molar refractivity (Wildman–Crippen MR) is 84.5 cm³/mol. The van der Waals surface area contributed by atoms with E-state index in [-0.39, 0.29) is 5.91 Å². The average Bonchev–Trinajstić information content (AvgIpc) is 2.94. The molecule has 0 bridgehead atoms. The highest BCUT2D eigenvalue weighted by Crippen LogP contribution is 2.30. The Balaban J connectivity index is 2.12. The first-order valence-electron chi connectivity index (χ1n) is 7.27. The number of benzene rings is 1. The predicted octanol–water partition coefficient (Wildman–Crippen LogP) is 4.03. The van der Waals surface area contributed by atoms with Crippen molar-refractivity contribution in [3.8, 4) is 0 Å². The van der Waals surface area contributed by atoms with Gasteiger partial charge in [-0.15, -0.1) is 0 Å². The van der Waals surface area contributed by atoms with E-state index in [0.29, 0.717) is 16.6 Å². The van der Waals surface area contributed by atoms with Gasteiger partial charge in [0.1, 0.15) is 0 Å². The van der Waals surface area contributed by atoms with E-state index in [4.69, 9.17) is 11.6 Å². The molecule has 0 aliphatic heterocycles. The molecule has 2 rings (SSSR count). The van der Waals surface area contributed by atoms with E-state index in [1.54, 1.807) is 25.1 Å². The molecule has 0 saturated heterocycles. The Kier molecular flexibility index (Phi) is 4.92. The van der Waals surface area contributed by atoms with Gasteiger partial charge in [0.2, 0.25) is 0 Å². The number of hydrogen-bond donors (Lipinski definition) is 1. The lowest BCUT2D eigenvalue weighted by Gasteiger charge is -2.22. The molecule has 1 aliphatic carbocycles. The van der Waals surface area contributed by atoms with Gasteiger partial charge in [0, 0.05) is 25.8 Å². The van der Waals surface area contributed by atoms with Gasteiger partial charge in [-0.05, 0) is 43.9 Å². The van der Waals surface area contributed by atoms with Crippen LogP contribution in [0.3, 0.4) is 0 Å². The highest BCUT2D eigenvalue weighted by atomic mass is 35.5. The first kappa shape index (κ1) is 15.2. The van der Waals surface area contributed by atoms with Crippen LogP contribution in [-0.2, 0) is 0 Å². The molecular formula is C16H23ClN2O. The second-order valence-electron chi connectivity index (χ2n) is 5.87. The third kappa shape index (κ3) is 3.45. The molecule has 4 heteroatoms.